The average molecular weight is 356 g/mol. The summed E-state index contributed by atoms with van der Waals surface area (Å²) in [5.74, 6) is -0.132. The van der Waals surface area contributed by atoms with Gasteiger partial charge in [0, 0.05) is 39.1 Å². The summed E-state index contributed by atoms with van der Waals surface area (Å²) < 4.78 is 12.2. The third-order valence-corrected chi connectivity index (χ3v) is 5.06. The zero-order chi connectivity index (χ0) is 16.1. The van der Waals surface area contributed by atoms with Crippen molar-refractivity contribution in [2.24, 2.45) is 0 Å². The highest BCUT2D eigenvalue weighted by Gasteiger charge is 2.16. The van der Waals surface area contributed by atoms with Gasteiger partial charge in [0.15, 0.2) is 0 Å². The molecule has 22 heavy (non-hydrogen) atoms. The van der Waals surface area contributed by atoms with Gasteiger partial charge in [0.05, 0.1) is 5.75 Å². The van der Waals surface area contributed by atoms with Crippen molar-refractivity contribution in [1.29, 1.82) is 0 Å². The van der Waals surface area contributed by atoms with E-state index in [-0.39, 0.29) is 17.4 Å². The lowest BCUT2D eigenvalue weighted by atomic mass is 10.2. The number of carbonyl (C=O) groups excluding carboxylic acids is 1. The summed E-state index contributed by atoms with van der Waals surface area (Å²) in [6.45, 7) is 0. The summed E-state index contributed by atoms with van der Waals surface area (Å²) in [5, 5.41) is 0.925. The van der Waals surface area contributed by atoms with Crippen molar-refractivity contribution in [3.8, 4) is 0 Å². The number of nitrogens with zero attached hydrogens (tertiary/aromatic N) is 1. The van der Waals surface area contributed by atoms with E-state index in [1.807, 2.05) is 30.3 Å². The Kier molecular flexibility index (Phi) is 6.00. The topological polar surface area (TPSA) is 37.4 Å². The van der Waals surface area contributed by atoms with Crippen LogP contribution in [-0.2, 0) is 21.3 Å². The molecule has 2 aromatic carbocycles. The highest BCUT2D eigenvalue weighted by atomic mass is 35.5. The predicted molar refractivity (Wildman–Crippen MR) is 93.0 cm³/mol. The number of para-hydroxylation sites is 1. The molecule has 0 unspecified atom stereocenters. The Balaban J connectivity index is 2.02. The van der Waals surface area contributed by atoms with Crippen molar-refractivity contribution in [1.82, 2.24) is 0 Å². The molecule has 0 aliphatic carbocycles. The van der Waals surface area contributed by atoms with Crippen molar-refractivity contribution in [3.63, 3.8) is 0 Å². The van der Waals surface area contributed by atoms with Crippen molar-refractivity contribution in [3.05, 3.63) is 64.1 Å². The van der Waals surface area contributed by atoms with E-state index in [0.717, 1.165) is 5.69 Å². The van der Waals surface area contributed by atoms with Gasteiger partial charge in [0.2, 0.25) is 5.91 Å². The Morgan fingerprint density at radius 3 is 2.23 bits per heavy atom. The summed E-state index contributed by atoms with van der Waals surface area (Å²) in [5.41, 5.74) is 1.37. The quantitative estimate of drug-likeness (QED) is 0.815. The molecule has 6 heteroatoms. The van der Waals surface area contributed by atoms with Gasteiger partial charge in [-0.25, -0.2) is 0 Å². The Labute approximate surface area is 142 Å². The normalized spacial score (nSPS) is 12.0. The third-order valence-electron chi connectivity index (χ3n) is 3.17. The number of rotatable bonds is 5. The predicted octanol–water partition coefficient (Wildman–Crippen LogP) is 3.91. The fraction of sp³-hybridized carbons (Fsp3) is 0.188. The van der Waals surface area contributed by atoms with Crippen LogP contribution in [0.15, 0.2) is 48.5 Å². The molecule has 0 N–H and O–H groups in total. The van der Waals surface area contributed by atoms with Crippen molar-refractivity contribution >= 4 is 45.6 Å². The minimum atomic E-state index is -1.38. The molecule has 1 atom stereocenters. The molecule has 0 spiro atoms. The van der Waals surface area contributed by atoms with Gasteiger partial charge in [-0.05, 0) is 24.3 Å². The number of anilines is 1. The second kappa shape index (κ2) is 7.77. The molecule has 0 saturated heterocycles. The highest BCUT2D eigenvalue weighted by molar-refractivity contribution is 7.85. The van der Waals surface area contributed by atoms with Crippen LogP contribution in [-0.4, -0.2) is 22.9 Å². The molecule has 2 aromatic rings. The van der Waals surface area contributed by atoms with Crippen LogP contribution >= 0.6 is 23.2 Å². The zero-order valence-corrected chi connectivity index (χ0v) is 14.3. The SMILES string of the molecule is CN(C(=O)C[S@](=O)Cc1c(Cl)cccc1Cl)c1ccccc1. The first-order chi connectivity index (χ1) is 10.5. The monoisotopic (exact) mass is 355 g/mol. The lowest BCUT2D eigenvalue weighted by molar-refractivity contribution is -0.115. The van der Waals surface area contributed by atoms with E-state index in [4.69, 9.17) is 23.2 Å². The first-order valence-corrected chi connectivity index (χ1v) is 8.83. The minimum absolute atomic E-state index is 0.0764. The second-order valence-electron chi connectivity index (χ2n) is 4.72. The Morgan fingerprint density at radius 1 is 1.05 bits per heavy atom. The largest absolute Gasteiger partial charge is 0.315 e. The lowest BCUT2D eigenvalue weighted by Gasteiger charge is -2.17. The number of hydrogen-bond donors (Lipinski definition) is 0. The molecular weight excluding hydrogens is 341 g/mol. The van der Waals surface area contributed by atoms with Gasteiger partial charge in [-0.2, -0.15) is 0 Å². The van der Waals surface area contributed by atoms with E-state index < -0.39 is 10.8 Å². The third kappa shape index (κ3) is 4.32. The number of carbonyl (C=O) groups is 1. The second-order valence-corrected chi connectivity index (χ2v) is 6.99. The summed E-state index contributed by atoms with van der Waals surface area (Å²) in [7, 11) is 0.288. The van der Waals surface area contributed by atoms with E-state index in [9.17, 15) is 9.00 Å². The molecule has 1 amide bonds. The lowest BCUT2D eigenvalue weighted by Crippen LogP contribution is -2.31. The Morgan fingerprint density at radius 2 is 1.64 bits per heavy atom. The van der Waals surface area contributed by atoms with Gasteiger partial charge in [0.25, 0.3) is 0 Å². The van der Waals surface area contributed by atoms with E-state index in [2.05, 4.69) is 0 Å². The minimum Gasteiger partial charge on any atom is -0.315 e. The molecule has 0 bridgehead atoms. The Bertz CT molecular complexity index is 672. The highest BCUT2D eigenvalue weighted by Crippen LogP contribution is 2.25. The molecule has 0 aliphatic heterocycles. The summed E-state index contributed by atoms with van der Waals surface area (Å²) >= 11 is 12.1. The fourth-order valence-electron chi connectivity index (χ4n) is 1.91. The van der Waals surface area contributed by atoms with E-state index in [0.29, 0.717) is 15.6 Å². The van der Waals surface area contributed by atoms with Gasteiger partial charge >= 0.3 is 0 Å². The van der Waals surface area contributed by atoms with Gasteiger partial charge in [-0.15, -0.1) is 0 Å². The first kappa shape index (κ1) is 17.0. The van der Waals surface area contributed by atoms with Crippen LogP contribution in [0, 0.1) is 0 Å². The molecular formula is C16H15Cl2NO2S. The summed E-state index contributed by atoms with van der Waals surface area (Å²) in [6, 6.07) is 14.3. The molecule has 2 rings (SSSR count). The van der Waals surface area contributed by atoms with Gasteiger partial charge in [-0.1, -0.05) is 47.5 Å². The number of hydrogen-bond acceptors (Lipinski definition) is 2. The van der Waals surface area contributed by atoms with Crippen molar-refractivity contribution in [2.45, 2.75) is 5.75 Å². The van der Waals surface area contributed by atoms with Crippen molar-refractivity contribution < 1.29 is 9.00 Å². The van der Waals surface area contributed by atoms with Gasteiger partial charge in [-0.3, -0.25) is 9.00 Å². The van der Waals surface area contributed by atoms with Crippen LogP contribution in [0.5, 0.6) is 0 Å². The molecule has 3 nitrogen and oxygen atoms in total. The molecule has 0 aliphatic rings. The fourth-order valence-corrected chi connectivity index (χ4v) is 3.81. The average Bonchev–Trinajstić information content (AvgIpc) is 2.51. The van der Waals surface area contributed by atoms with Crippen LogP contribution in [0.1, 0.15) is 5.56 Å². The van der Waals surface area contributed by atoms with Gasteiger partial charge < -0.3 is 4.90 Å². The molecule has 0 radical (unpaired) electrons. The Hall–Kier alpha value is -1.36. The van der Waals surface area contributed by atoms with Crippen LogP contribution in [0.4, 0.5) is 5.69 Å². The van der Waals surface area contributed by atoms with Crippen LogP contribution in [0.3, 0.4) is 0 Å². The smallest absolute Gasteiger partial charge is 0.239 e. The van der Waals surface area contributed by atoms with Gasteiger partial charge in [0.1, 0.15) is 5.75 Å². The maximum Gasteiger partial charge on any atom is 0.239 e. The molecule has 0 fully saturated rings. The van der Waals surface area contributed by atoms with E-state index in [1.54, 1.807) is 25.2 Å². The maximum atomic E-state index is 12.2. The van der Waals surface area contributed by atoms with Crippen LogP contribution in [0.25, 0.3) is 0 Å². The number of halogens is 2. The van der Waals surface area contributed by atoms with E-state index in [1.165, 1.54) is 4.90 Å². The standard InChI is InChI=1S/C16H15Cl2NO2S/c1-19(12-6-3-2-4-7-12)16(20)11-22(21)10-13-14(17)8-5-9-15(13)18/h2-9H,10-11H2,1H3/t22-/m1/s1. The van der Waals surface area contributed by atoms with Crippen molar-refractivity contribution in [2.75, 3.05) is 17.7 Å². The first-order valence-electron chi connectivity index (χ1n) is 6.58. The van der Waals surface area contributed by atoms with E-state index >= 15 is 0 Å². The molecule has 0 saturated carbocycles. The zero-order valence-electron chi connectivity index (χ0n) is 12.0. The summed E-state index contributed by atoms with van der Waals surface area (Å²) in [4.78, 5) is 13.7. The molecule has 0 heterocycles. The van der Waals surface area contributed by atoms with Crippen LogP contribution < -0.4 is 4.90 Å². The van der Waals surface area contributed by atoms with Crippen LogP contribution in [0.2, 0.25) is 10.0 Å². The maximum absolute atomic E-state index is 12.2. The summed E-state index contributed by atoms with van der Waals surface area (Å²) in [6.07, 6.45) is 0. The number of benzene rings is 2. The molecule has 0 aromatic heterocycles. The molecule has 116 valence electrons. The number of amides is 1.